The van der Waals surface area contributed by atoms with Gasteiger partial charge >= 0.3 is 5.69 Å². The van der Waals surface area contributed by atoms with E-state index in [1.165, 1.54) is 30.2 Å². The number of hydrogen-bond acceptors (Lipinski definition) is 6. The number of methoxy groups -OCH3 is 1. The molecule has 2 amide bonds. The van der Waals surface area contributed by atoms with Crippen LogP contribution in [-0.2, 0) is 16.0 Å². The lowest BCUT2D eigenvalue weighted by molar-refractivity contribution is -0.385. The van der Waals surface area contributed by atoms with E-state index in [1.54, 1.807) is 6.92 Å². The molecule has 9 heteroatoms. The van der Waals surface area contributed by atoms with E-state index in [9.17, 15) is 19.7 Å². The number of benzene rings is 2. The lowest BCUT2D eigenvalue weighted by Gasteiger charge is -2.29. The summed E-state index contributed by atoms with van der Waals surface area (Å²) >= 11 is 0. The fourth-order valence-electron chi connectivity index (χ4n) is 3.16. The van der Waals surface area contributed by atoms with Gasteiger partial charge in [0.2, 0.25) is 11.7 Å². The molecule has 0 heterocycles. The summed E-state index contributed by atoms with van der Waals surface area (Å²) < 4.78 is 10.6. The molecule has 0 spiro atoms. The van der Waals surface area contributed by atoms with E-state index in [0.717, 1.165) is 12.0 Å². The summed E-state index contributed by atoms with van der Waals surface area (Å²) in [7, 11) is 1.32. The number of amides is 2. The maximum absolute atomic E-state index is 13.1. The first kappa shape index (κ1) is 25.6. The van der Waals surface area contributed by atoms with Crippen molar-refractivity contribution >= 4 is 17.5 Å². The van der Waals surface area contributed by atoms with Crippen molar-refractivity contribution in [1.29, 1.82) is 0 Å². The molecule has 0 saturated carbocycles. The van der Waals surface area contributed by atoms with Crippen molar-refractivity contribution in [2.75, 3.05) is 20.3 Å². The fraction of sp³-hybridized carbons (Fsp3) is 0.417. The van der Waals surface area contributed by atoms with Crippen LogP contribution >= 0.6 is 0 Å². The highest BCUT2D eigenvalue weighted by atomic mass is 16.6. The molecule has 0 radical (unpaired) electrons. The molecule has 9 nitrogen and oxygen atoms in total. The largest absolute Gasteiger partial charge is 0.490 e. The van der Waals surface area contributed by atoms with E-state index >= 15 is 0 Å². The molecule has 0 aliphatic heterocycles. The summed E-state index contributed by atoms with van der Waals surface area (Å²) in [4.78, 5) is 37.7. The standard InChI is InChI=1S/C24H31N3O6/c1-5-17(2)25-24(29)18(3)26(14-13-19-9-7-6-8-10-19)23(28)16-33-20-11-12-21(27(30)31)22(15-20)32-4/h6-12,15,17-18H,5,13-14,16H2,1-4H3,(H,25,29)/t17-,18-/m0/s1. The molecular weight excluding hydrogens is 426 g/mol. The Kier molecular flexibility index (Phi) is 9.65. The van der Waals surface area contributed by atoms with Crippen molar-refractivity contribution in [3.63, 3.8) is 0 Å². The summed E-state index contributed by atoms with van der Waals surface area (Å²) in [6.07, 6.45) is 1.36. The molecule has 2 aromatic carbocycles. The van der Waals surface area contributed by atoms with Crippen LogP contribution in [0.1, 0.15) is 32.8 Å². The van der Waals surface area contributed by atoms with Gasteiger partial charge in [0.25, 0.3) is 5.91 Å². The molecule has 0 aromatic heterocycles. The normalized spacial score (nSPS) is 12.4. The third-order valence-electron chi connectivity index (χ3n) is 5.36. The van der Waals surface area contributed by atoms with Crippen LogP contribution in [0.2, 0.25) is 0 Å². The van der Waals surface area contributed by atoms with Crippen LogP contribution in [0.15, 0.2) is 48.5 Å². The van der Waals surface area contributed by atoms with Crippen molar-refractivity contribution in [3.05, 3.63) is 64.2 Å². The molecule has 1 N–H and O–H groups in total. The highest BCUT2D eigenvalue weighted by Crippen LogP contribution is 2.30. The van der Waals surface area contributed by atoms with Crippen molar-refractivity contribution < 1.29 is 24.0 Å². The molecule has 33 heavy (non-hydrogen) atoms. The van der Waals surface area contributed by atoms with Gasteiger partial charge in [-0.2, -0.15) is 0 Å². The average Bonchev–Trinajstić information content (AvgIpc) is 2.82. The summed E-state index contributed by atoms with van der Waals surface area (Å²) in [5.41, 5.74) is 0.849. The first-order valence-corrected chi connectivity index (χ1v) is 10.9. The highest BCUT2D eigenvalue weighted by Gasteiger charge is 2.27. The SMILES string of the molecule is CC[C@H](C)NC(=O)[C@H](C)N(CCc1ccccc1)C(=O)COc1ccc([N+](=O)[O-])c(OC)c1. The summed E-state index contributed by atoms with van der Waals surface area (Å²) in [5, 5.41) is 14.0. The van der Waals surface area contributed by atoms with E-state index in [-0.39, 0.29) is 41.6 Å². The van der Waals surface area contributed by atoms with E-state index < -0.39 is 11.0 Å². The average molecular weight is 458 g/mol. The van der Waals surface area contributed by atoms with E-state index in [2.05, 4.69) is 5.32 Å². The number of hydrogen-bond donors (Lipinski definition) is 1. The summed E-state index contributed by atoms with van der Waals surface area (Å²) in [5.74, 6) is -0.310. The fourth-order valence-corrected chi connectivity index (χ4v) is 3.16. The molecule has 0 saturated heterocycles. The molecule has 0 aliphatic carbocycles. The van der Waals surface area contributed by atoms with Gasteiger partial charge in [-0.3, -0.25) is 19.7 Å². The molecule has 2 aromatic rings. The second kappa shape index (κ2) is 12.4. The molecule has 0 fully saturated rings. The van der Waals surface area contributed by atoms with E-state index in [4.69, 9.17) is 9.47 Å². The molecule has 2 rings (SSSR count). The molecule has 178 valence electrons. The van der Waals surface area contributed by atoms with Crippen LogP contribution in [-0.4, -0.2) is 54.0 Å². The lowest BCUT2D eigenvalue weighted by atomic mass is 10.1. The number of nitrogens with one attached hydrogen (secondary N) is 1. The third-order valence-corrected chi connectivity index (χ3v) is 5.36. The quantitative estimate of drug-likeness (QED) is 0.386. The van der Waals surface area contributed by atoms with E-state index in [0.29, 0.717) is 13.0 Å². The lowest BCUT2D eigenvalue weighted by Crippen LogP contribution is -2.51. The van der Waals surface area contributed by atoms with Gasteiger partial charge in [0.15, 0.2) is 6.61 Å². The van der Waals surface area contributed by atoms with E-state index in [1.807, 2.05) is 44.2 Å². The number of rotatable bonds is 12. The second-order valence-electron chi connectivity index (χ2n) is 7.70. The third kappa shape index (κ3) is 7.48. The number of nitro benzene ring substituents is 1. The van der Waals surface area contributed by atoms with Crippen LogP contribution in [0.5, 0.6) is 11.5 Å². The second-order valence-corrected chi connectivity index (χ2v) is 7.70. The van der Waals surface area contributed by atoms with Gasteiger partial charge in [-0.15, -0.1) is 0 Å². The Morgan fingerprint density at radius 3 is 2.45 bits per heavy atom. The van der Waals surface area contributed by atoms with Crippen LogP contribution < -0.4 is 14.8 Å². The number of nitrogens with zero attached hydrogens (tertiary/aromatic N) is 2. The van der Waals surface area contributed by atoms with Crippen molar-refractivity contribution in [3.8, 4) is 11.5 Å². The van der Waals surface area contributed by atoms with Crippen LogP contribution in [0.3, 0.4) is 0 Å². The zero-order valence-electron chi connectivity index (χ0n) is 19.4. The first-order chi connectivity index (χ1) is 15.8. The van der Waals surface area contributed by atoms with Gasteiger partial charge in [0.05, 0.1) is 12.0 Å². The Morgan fingerprint density at radius 2 is 1.85 bits per heavy atom. The minimum Gasteiger partial charge on any atom is -0.490 e. The number of carbonyl (C=O) groups excluding carboxylic acids is 2. The Hall–Kier alpha value is -3.62. The molecular formula is C24H31N3O6. The minimum atomic E-state index is -0.690. The number of ether oxygens (including phenoxy) is 2. The van der Waals surface area contributed by atoms with Crippen LogP contribution in [0, 0.1) is 10.1 Å². The number of carbonyl (C=O) groups is 2. The zero-order chi connectivity index (χ0) is 24.4. The van der Waals surface area contributed by atoms with Crippen LogP contribution in [0.25, 0.3) is 0 Å². The topological polar surface area (TPSA) is 111 Å². The summed E-state index contributed by atoms with van der Waals surface area (Å²) in [6, 6.07) is 13.0. The Bertz CT molecular complexity index is 950. The molecule has 0 aliphatic rings. The van der Waals surface area contributed by atoms with Crippen molar-refractivity contribution in [2.45, 2.75) is 45.7 Å². The molecule has 0 bridgehead atoms. The van der Waals surface area contributed by atoms with Gasteiger partial charge in [-0.1, -0.05) is 37.3 Å². The summed E-state index contributed by atoms with van der Waals surface area (Å²) in [6.45, 7) is 5.59. The Labute approximate surface area is 193 Å². The van der Waals surface area contributed by atoms with Gasteiger partial charge in [-0.05, 0) is 38.3 Å². The maximum Gasteiger partial charge on any atom is 0.311 e. The first-order valence-electron chi connectivity index (χ1n) is 10.9. The monoisotopic (exact) mass is 457 g/mol. The number of nitro groups is 1. The molecule has 0 unspecified atom stereocenters. The van der Waals surface area contributed by atoms with Gasteiger partial charge in [0, 0.05) is 24.7 Å². The minimum absolute atomic E-state index is 0.00477. The van der Waals surface area contributed by atoms with Gasteiger partial charge in [-0.25, -0.2) is 0 Å². The van der Waals surface area contributed by atoms with Crippen molar-refractivity contribution in [1.82, 2.24) is 10.2 Å². The van der Waals surface area contributed by atoms with Crippen molar-refractivity contribution in [2.24, 2.45) is 0 Å². The van der Waals surface area contributed by atoms with Gasteiger partial charge < -0.3 is 19.7 Å². The smallest absolute Gasteiger partial charge is 0.311 e. The predicted octanol–water partition coefficient (Wildman–Crippen LogP) is 3.36. The predicted molar refractivity (Wildman–Crippen MR) is 124 cm³/mol. The Balaban J connectivity index is 2.13. The zero-order valence-corrected chi connectivity index (χ0v) is 19.4. The molecule has 2 atom stereocenters. The van der Waals surface area contributed by atoms with Crippen LogP contribution in [0.4, 0.5) is 5.69 Å². The van der Waals surface area contributed by atoms with Gasteiger partial charge in [0.1, 0.15) is 11.8 Å². The maximum atomic E-state index is 13.1. The highest BCUT2D eigenvalue weighted by molar-refractivity contribution is 5.88. The Morgan fingerprint density at radius 1 is 1.15 bits per heavy atom.